The molecule has 0 bridgehead atoms. The highest BCUT2D eigenvalue weighted by molar-refractivity contribution is 5.92. The van der Waals surface area contributed by atoms with Crippen LogP contribution in [0.4, 0.5) is 0 Å². The molecule has 2 atom stereocenters. The second-order valence-corrected chi connectivity index (χ2v) is 6.04. The van der Waals surface area contributed by atoms with E-state index in [4.69, 9.17) is 9.47 Å². The fourth-order valence-corrected chi connectivity index (χ4v) is 2.47. The van der Waals surface area contributed by atoms with Gasteiger partial charge in [-0.2, -0.15) is 0 Å². The minimum Gasteiger partial charge on any atom is -0.379 e. The minimum atomic E-state index is -0.218. The molecule has 2 rings (SSSR count). The van der Waals surface area contributed by atoms with Gasteiger partial charge in [0.15, 0.2) is 0 Å². The molecule has 1 saturated heterocycles. The second kappa shape index (κ2) is 8.17. The van der Waals surface area contributed by atoms with Gasteiger partial charge in [-0.15, -0.1) is 0 Å². The number of amides is 1. The van der Waals surface area contributed by atoms with Gasteiger partial charge in [0.2, 0.25) is 0 Å². The van der Waals surface area contributed by atoms with E-state index in [9.17, 15) is 4.79 Å². The molecule has 1 aliphatic heterocycles. The van der Waals surface area contributed by atoms with Gasteiger partial charge in [0.1, 0.15) is 11.5 Å². The van der Waals surface area contributed by atoms with Crippen molar-refractivity contribution in [3.63, 3.8) is 0 Å². The molecule has 6 heteroatoms. The van der Waals surface area contributed by atoms with Gasteiger partial charge in [0.25, 0.3) is 5.91 Å². The van der Waals surface area contributed by atoms with Crippen molar-refractivity contribution in [1.29, 1.82) is 0 Å². The predicted octanol–water partition coefficient (Wildman–Crippen LogP) is 1.96. The standard InChI is InChI=1S/C17H25N3O3/c1-11(2)5-8-23-16-6-7-22-10-15(16)20-17(21)14-9-12(3)18-13(4)19-14/h5,9,15-16H,6-8,10H2,1-4H3,(H,20,21)/t15-,16+/m0/s1. The third-order valence-electron chi connectivity index (χ3n) is 3.61. The summed E-state index contributed by atoms with van der Waals surface area (Å²) in [5.74, 6) is 0.372. The number of aryl methyl sites for hydroxylation is 2. The van der Waals surface area contributed by atoms with Crippen molar-refractivity contribution in [1.82, 2.24) is 15.3 Å². The van der Waals surface area contributed by atoms with Crippen LogP contribution >= 0.6 is 0 Å². The first-order chi connectivity index (χ1) is 11.0. The fraction of sp³-hybridized carbons (Fsp3) is 0.588. The molecular weight excluding hydrogens is 294 g/mol. The van der Waals surface area contributed by atoms with Gasteiger partial charge in [-0.05, 0) is 40.2 Å². The zero-order valence-electron chi connectivity index (χ0n) is 14.3. The maximum Gasteiger partial charge on any atom is 0.270 e. The van der Waals surface area contributed by atoms with Crippen LogP contribution in [0, 0.1) is 13.8 Å². The van der Waals surface area contributed by atoms with Crippen LogP contribution < -0.4 is 5.32 Å². The summed E-state index contributed by atoms with van der Waals surface area (Å²) in [6.07, 6.45) is 2.75. The second-order valence-electron chi connectivity index (χ2n) is 6.04. The van der Waals surface area contributed by atoms with Crippen LogP contribution in [-0.4, -0.2) is 47.8 Å². The highest BCUT2D eigenvalue weighted by atomic mass is 16.5. The topological polar surface area (TPSA) is 73.3 Å². The van der Waals surface area contributed by atoms with Crippen LogP contribution in [0.2, 0.25) is 0 Å². The molecule has 1 aliphatic rings. The molecule has 1 fully saturated rings. The van der Waals surface area contributed by atoms with E-state index in [1.165, 1.54) is 5.57 Å². The molecule has 0 saturated carbocycles. The molecule has 23 heavy (non-hydrogen) atoms. The number of hydrogen-bond donors (Lipinski definition) is 1. The Morgan fingerprint density at radius 2 is 2.22 bits per heavy atom. The van der Waals surface area contributed by atoms with Crippen molar-refractivity contribution in [2.24, 2.45) is 0 Å². The molecule has 1 aromatic heterocycles. The number of nitrogens with one attached hydrogen (secondary N) is 1. The van der Waals surface area contributed by atoms with Crippen LogP contribution in [0.3, 0.4) is 0 Å². The zero-order chi connectivity index (χ0) is 16.8. The SMILES string of the molecule is CC(C)=CCO[C@@H]1CCOC[C@@H]1NC(=O)c1cc(C)nc(C)n1. The molecule has 1 amide bonds. The average Bonchev–Trinajstić information content (AvgIpc) is 2.47. The molecule has 2 heterocycles. The first-order valence-corrected chi connectivity index (χ1v) is 7.91. The van der Waals surface area contributed by atoms with Crippen LogP contribution in [0.25, 0.3) is 0 Å². The Kier molecular flexibility index (Phi) is 6.24. The van der Waals surface area contributed by atoms with Crippen molar-refractivity contribution in [2.45, 2.75) is 46.3 Å². The van der Waals surface area contributed by atoms with Crippen LogP contribution in [0.5, 0.6) is 0 Å². The van der Waals surface area contributed by atoms with Gasteiger partial charge in [0, 0.05) is 12.3 Å². The highest BCUT2D eigenvalue weighted by Gasteiger charge is 2.28. The molecule has 0 unspecified atom stereocenters. The average molecular weight is 319 g/mol. The van der Waals surface area contributed by atoms with Gasteiger partial charge >= 0.3 is 0 Å². The van der Waals surface area contributed by atoms with Crippen LogP contribution in [0.1, 0.15) is 42.3 Å². The zero-order valence-corrected chi connectivity index (χ0v) is 14.3. The summed E-state index contributed by atoms with van der Waals surface area (Å²) in [7, 11) is 0. The lowest BCUT2D eigenvalue weighted by molar-refractivity contribution is -0.0457. The van der Waals surface area contributed by atoms with Gasteiger partial charge in [-0.25, -0.2) is 9.97 Å². The normalized spacial score (nSPS) is 20.9. The monoisotopic (exact) mass is 319 g/mol. The van der Waals surface area contributed by atoms with E-state index in [1.807, 2.05) is 26.8 Å². The summed E-state index contributed by atoms with van der Waals surface area (Å²) in [4.78, 5) is 20.8. The molecule has 0 spiro atoms. The Bertz CT molecular complexity index is 562. The van der Waals surface area contributed by atoms with Gasteiger partial charge < -0.3 is 14.8 Å². The van der Waals surface area contributed by atoms with E-state index in [2.05, 4.69) is 15.3 Å². The summed E-state index contributed by atoms with van der Waals surface area (Å²) in [5, 5.41) is 2.98. The molecular formula is C17H25N3O3. The van der Waals surface area contributed by atoms with E-state index >= 15 is 0 Å². The Labute approximate surface area is 137 Å². The number of carbonyl (C=O) groups excluding carboxylic acids is 1. The van der Waals surface area contributed by atoms with Gasteiger partial charge in [0.05, 0.1) is 25.4 Å². The maximum atomic E-state index is 12.4. The van der Waals surface area contributed by atoms with E-state index < -0.39 is 0 Å². The van der Waals surface area contributed by atoms with E-state index in [1.54, 1.807) is 13.0 Å². The lowest BCUT2D eigenvalue weighted by atomic mass is 10.1. The minimum absolute atomic E-state index is 0.0488. The van der Waals surface area contributed by atoms with Gasteiger partial charge in [-0.1, -0.05) is 11.6 Å². The first kappa shape index (κ1) is 17.6. The molecule has 0 radical (unpaired) electrons. The van der Waals surface area contributed by atoms with Crippen LogP contribution in [0.15, 0.2) is 17.7 Å². The third kappa shape index (κ3) is 5.41. The largest absolute Gasteiger partial charge is 0.379 e. The summed E-state index contributed by atoms with van der Waals surface area (Å²) < 4.78 is 11.4. The Morgan fingerprint density at radius 3 is 2.91 bits per heavy atom. The molecule has 0 aromatic carbocycles. The maximum absolute atomic E-state index is 12.4. The summed E-state index contributed by atoms with van der Waals surface area (Å²) in [6.45, 7) is 9.34. The van der Waals surface area contributed by atoms with Crippen LogP contribution in [-0.2, 0) is 9.47 Å². The Balaban J connectivity index is 2.00. The number of aromatic nitrogens is 2. The summed E-state index contributed by atoms with van der Waals surface area (Å²) in [5.41, 5.74) is 2.37. The Hall–Kier alpha value is -1.79. The third-order valence-corrected chi connectivity index (χ3v) is 3.61. The van der Waals surface area contributed by atoms with Crippen molar-refractivity contribution in [3.05, 3.63) is 34.9 Å². The molecule has 6 nitrogen and oxygen atoms in total. The number of carbonyl (C=O) groups is 1. The molecule has 0 aliphatic carbocycles. The highest BCUT2D eigenvalue weighted by Crippen LogP contribution is 2.13. The molecule has 126 valence electrons. The van der Waals surface area contributed by atoms with Crippen molar-refractivity contribution >= 4 is 5.91 Å². The van der Waals surface area contributed by atoms with E-state index in [0.29, 0.717) is 31.3 Å². The van der Waals surface area contributed by atoms with Crippen molar-refractivity contribution in [3.8, 4) is 0 Å². The van der Waals surface area contributed by atoms with Gasteiger partial charge in [-0.3, -0.25) is 4.79 Å². The lowest BCUT2D eigenvalue weighted by Gasteiger charge is -2.31. The predicted molar refractivity (Wildman–Crippen MR) is 87.4 cm³/mol. The smallest absolute Gasteiger partial charge is 0.270 e. The number of ether oxygens (including phenoxy) is 2. The number of allylic oxidation sites excluding steroid dienone is 1. The van der Waals surface area contributed by atoms with E-state index in [-0.39, 0.29) is 18.1 Å². The number of hydrogen-bond acceptors (Lipinski definition) is 5. The fourth-order valence-electron chi connectivity index (χ4n) is 2.47. The van der Waals surface area contributed by atoms with Crippen molar-refractivity contribution in [2.75, 3.05) is 19.8 Å². The first-order valence-electron chi connectivity index (χ1n) is 7.91. The molecule has 1 N–H and O–H groups in total. The van der Waals surface area contributed by atoms with E-state index in [0.717, 1.165) is 12.1 Å². The summed E-state index contributed by atoms with van der Waals surface area (Å²) >= 11 is 0. The lowest BCUT2D eigenvalue weighted by Crippen LogP contribution is -2.50. The molecule has 1 aromatic rings. The van der Waals surface area contributed by atoms with Crippen molar-refractivity contribution < 1.29 is 14.3 Å². The quantitative estimate of drug-likeness (QED) is 0.840. The number of nitrogens with zero attached hydrogens (tertiary/aromatic N) is 2. The Morgan fingerprint density at radius 1 is 1.43 bits per heavy atom. The number of rotatable bonds is 5. The summed E-state index contributed by atoms with van der Waals surface area (Å²) in [6, 6.07) is 1.52.